The third kappa shape index (κ3) is 9.68. The molecule has 0 aromatic heterocycles. The minimum absolute atomic E-state index is 0.117. The van der Waals surface area contributed by atoms with Gasteiger partial charge in [0.1, 0.15) is 6.04 Å². The zero-order chi connectivity index (χ0) is 30.8. The highest BCUT2D eigenvalue weighted by atomic mass is 32.2. The van der Waals surface area contributed by atoms with Crippen molar-refractivity contribution in [3.05, 3.63) is 101 Å². The van der Waals surface area contributed by atoms with Crippen LogP contribution in [0.2, 0.25) is 0 Å². The Kier molecular flexibility index (Phi) is 11.4. The predicted molar refractivity (Wildman–Crippen MR) is 173 cm³/mol. The average molecular weight is 604 g/mol. The molecule has 4 rings (SSSR count). The number of benzene rings is 3. The van der Waals surface area contributed by atoms with Crippen LogP contribution in [0.1, 0.15) is 67.2 Å². The van der Waals surface area contributed by atoms with Gasteiger partial charge in [0.05, 0.1) is 11.9 Å². The molecule has 7 nitrogen and oxygen atoms in total. The molecule has 1 N–H and O–H groups in total. The molecule has 2 amide bonds. The molecule has 1 fully saturated rings. The van der Waals surface area contributed by atoms with Crippen molar-refractivity contribution in [3.63, 3.8) is 0 Å². The third-order valence-corrected chi connectivity index (χ3v) is 9.33. The number of hydrogen-bond donors (Lipinski definition) is 1. The molecule has 1 atom stereocenters. The lowest BCUT2D eigenvalue weighted by Crippen LogP contribution is -2.52. The van der Waals surface area contributed by atoms with Crippen molar-refractivity contribution < 1.29 is 18.0 Å². The highest BCUT2D eigenvalue weighted by Gasteiger charge is 2.32. The normalized spacial score (nSPS) is 14.6. The number of carbonyl (C=O) groups is 2. The minimum atomic E-state index is -3.55. The second-order valence-electron chi connectivity index (χ2n) is 11.8. The van der Waals surface area contributed by atoms with Gasteiger partial charge >= 0.3 is 0 Å². The molecule has 230 valence electrons. The molecule has 1 aliphatic carbocycles. The second kappa shape index (κ2) is 15.2. The zero-order valence-corrected chi connectivity index (χ0v) is 26.5. The van der Waals surface area contributed by atoms with Gasteiger partial charge in [-0.1, -0.05) is 91.6 Å². The van der Waals surface area contributed by atoms with Crippen LogP contribution in [0.4, 0.5) is 5.69 Å². The molecule has 0 spiro atoms. The fourth-order valence-corrected chi connectivity index (χ4v) is 6.73. The number of nitrogens with one attached hydrogen (secondary N) is 1. The maximum absolute atomic E-state index is 14.0. The molecule has 0 aliphatic heterocycles. The molecular weight excluding hydrogens is 558 g/mol. The van der Waals surface area contributed by atoms with E-state index in [1.54, 1.807) is 11.0 Å². The van der Waals surface area contributed by atoms with Crippen LogP contribution < -0.4 is 9.62 Å². The van der Waals surface area contributed by atoms with Gasteiger partial charge in [0.2, 0.25) is 21.8 Å². The molecule has 0 unspecified atom stereocenters. The Morgan fingerprint density at radius 3 is 2.21 bits per heavy atom. The molecule has 0 radical (unpaired) electrons. The highest BCUT2D eigenvalue weighted by Crippen LogP contribution is 2.22. The molecule has 0 heterocycles. The maximum atomic E-state index is 14.0. The van der Waals surface area contributed by atoms with E-state index < -0.39 is 16.1 Å². The summed E-state index contributed by atoms with van der Waals surface area (Å²) >= 11 is 0. The standard InChI is InChI=1S/C35H45N3O4S/c1-27-19-21-30(22-20-27)26-37(34(39)18-11-23-38(43(3,41)42)32-17-10-12-28(2)24-32)33(25-29-13-6-4-7-14-29)35(40)36-31-15-8-5-9-16-31/h4,6-7,10,12-14,17,19-22,24,31,33H,5,8-9,11,15-16,18,23,25-26H2,1-3H3,(H,36,40)/t33-/m0/s1. The first-order valence-electron chi connectivity index (χ1n) is 15.3. The van der Waals surface area contributed by atoms with Gasteiger partial charge in [-0.25, -0.2) is 8.42 Å². The van der Waals surface area contributed by atoms with Gasteiger partial charge in [0.25, 0.3) is 0 Å². The fourth-order valence-electron chi connectivity index (χ4n) is 5.78. The second-order valence-corrected chi connectivity index (χ2v) is 13.7. The van der Waals surface area contributed by atoms with Crippen LogP contribution >= 0.6 is 0 Å². The Morgan fingerprint density at radius 2 is 1.56 bits per heavy atom. The van der Waals surface area contributed by atoms with Crippen molar-refractivity contribution in [2.75, 3.05) is 17.1 Å². The number of anilines is 1. The van der Waals surface area contributed by atoms with E-state index in [-0.39, 0.29) is 30.8 Å². The lowest BCUT2D eigenvalue weighted by Gasteiger charge is -2.34. The summed E-state index contributed by atoms with van der Waals surface area (Å²) in [6.07, 6.45) is 7.31. The van der Waals surface area contributed by atoms with Crippen LogP contribution in [0.25, 0.3) is 0 Å². The fraction of sp³-hybridized carbons (Fsp3) is 0.429. The van der Waals surface area contributed by atoms with Crippen molar-refractivity contribution >= 4 is 27.5 Å². The number of hydrogen-bond acceptors (Lipinski definition) is 4. The van der Waals surface area contributed by atoms with Gasteiger partial charge in [-0.15, -0.1) is 0 Å². The first kappa shape index (κ1) is 32.3. The molecule has 0 bridgehead atoms. The summed E-state index contributed by atoms with van der Waals surface area (Å²) < 4.78 is 26.7. The van der Waals surface area contributed by atoms with Crippen LogP contribution in [-0.2, 0) is 32.6 Å². The number of sulfonamides is 1. The van der Waals surface area contributed by atoms with E-state index in [2.05, 4.69) is 5.32 Å². The van der Waals surface area contributed by atoms with Crippen molar-refractivity contribution in [1.82, 2.24) is 10.2 Å². The minimum Gasteiger partial charge on any atom is -0.352 e. The van der Waals surface area contributed by atoms with E-state index >= 15 is 0 Å². The smallest absolute Gasteiger partial charge is 0.243 e. The summed E-state index contributed by atoms with van der Waals surface area (Å²) in [5.74, 6) is -0.299. The summed E-state index contributed by atoms with van der Waals surface area (Å²) in [6.45, 7) is 4.40. The number of rotatable bonds is 13. The Labute approximate surface area is 257 Å². The Balaban J connectivity index is 1.58. The van der Waals surface area contributed by atoms with E-state index in [0.29, 0.717) is 25.1 Å². The Hall–Kier alpha value is -3.65. The van der Waals surface area contributed by atoms with E-state index in [9.17, 15) is 18.0 Å². The van der Waals surface area contributed by atoms with Gasteiger partial charge in [0, 0.05) is 32.0 Å². The highest BCUT2D eigenvalue weighted by molar-refractivity contribution is 7.92. The topological polar surface area (TPSA) is 86.8 Å². The third-order valence-electron chi connectivity index (χ3n) is 8.14. The number of nitrogens with zero attached hydrogens (tertiary/aromatic N) is 2. The monoisotopic (exact) mass is 603 g/mol. The predicted octanol–water partition coefficient (Wildman–Crippen LogP) is 5.94. The Morgan fingerprint density at radius 1 is 0.860 bits per heavy atom. The first-order valence-corrected chi connectivity index (χ1v) is 17.2. The van der Waals surface area contributed by atoms with E-state index in [4.69, 9.17) is 0 Å². The van der Waals surface area contributed by atoms with Crippen LogP contribution in [0.15, 0.2) is 78.9 Å². The van der Waals surface area contributed by atoms with E-state index in [0.717, 1.165) is 47.9 Å². The summed E-state index contributed by atoms with van der Waals surface area (Å²) in [6, 6.07) is 24.6. The van der Waals surface area contributed by atoms with Gasteiger partial charge in [-0.05, 0) is 61.9 Å². The van der Waals surface area contributed by atoms with Crippen LogP contribution in [0, 0.1) is 13.8 Å². The van der Waals surface area contributed by atoms with Crippen LogP contribution in [-0.4, -0.2) is 50.0 Å². The van der Waals surface area contributed by atoms with Gasteiger partial charge in [-0.2, -0.15) is 0 Å². The van der Waals surface area contributed by atoms with Gasteiger partial charge in [0.15, 0.2) is 0 Å². The summed E-state index contributed by atoms with van der Waals surface area (Å²) in [7, 11) is -3.55. The van der Waals surface area contributed by atoms with Crippen LogP contribution in [0.5, 0.6) is 0 Å². The summed E-state index contributed by atoms with van der Waals surface area (Å²) in [4.78, 5) is 29.7. The number of carbonyl (C=O) groups excluding carboxylic acids is 2. The number of aryl methyl sites for hydroxylation is 2. The van der Waals surface area contributed by atoms with Crippen molar-refractivity contribution in [2.24, 2.45) is 0 Å². The van der Waals surface area contributed by atoms with Gasteiger partial charge < -0.3 is 10.2 Å². The van der Waals surface area contributed by atoms with Crippen molar-refractivity contribution in [3.8, 4) is 0 Å². The molecule has 1 saturated carbocycles. The molecular formula is C35H45N3O4S. The molecule has 1 aliphatic rings. The molecule has 43 heavy (non-hydrogen) atoms. The lowest BCUT2D eigenvalue weighted by atomic mass is 9.94. The molecule has 3 aromatic rings. The average Bonchev–Trinajstić information content (AvgIpc) is 2.98. The lowest BCUT2D eigenvalue weighted by molar-refractivity contribution is -0.141. The first-order chi connectivity index (χ1) is 20.6. The summed E-state index contributed by atoms with van der Waals surface area (Å²) in [5.41, 5.74) is 4.59. The van der Waals surface area contributed by atoms with E-state index in [1.165, 1.54) is 17.0 Å². The quantitative estimate of drug-likeness (QED) is 0.262. The summed E-state index contributed by atoms with van der Waals surface area (Å²) in [5, 5.41) is 3.27. The SMILES string of the molecule is Cc1ccc(CN(C(=O)CCCN(c2cccc(C)c2)S(C)(=O)=O)[C@@H](Cc2ccccc2)C(=O)NC2CCCCC2)cc1. The van der Waals surface area contributed by atoms with E-state index in [1.807, 2.05) is 86.6 Å². The maximum Gasteiger partial charge on any atom is 0.243 e. The van der Waals surface area contributed by atoms with Crippen molar-refractivity contribution in [2.45, 2.75) is 83.8 Å². The zero-order valence-electron chi connectivity index (χ0n) is 25.7. The van der Waals surface area contributed by atoms with Gasteiger partial charge in [-0.3, -0.25) is 13.9 Å². The molecule has 3 aromatic carbocycles. The van der Waals surface area contributed by atoms with Crippen LogP contribution in [0.3, 0.4) is 0 Å². The Bertz CT molecular complexity index is 1450. The largest absolute Gasteiger partial charge is 0.352 e. The molecule has 0 saturated heterocycles. The number of amides is 2. The van der Waals surface area contributed by atoms with Crippen molar-refractivity contribution in [1.29, 1.82) is 0 Å². The molecule has 8 heteroatoms.